The largest absolute Gasteiger partial charge is 0.490 e. The highest BCUT2D eigenvalue weighted by Crippen LogP contribution is 2.30. The zero-order valence-electron chi connectivity index (χ0n) is 14.1. The molecule has 0 unspecified atom stereocenters. The topological polar surface area (TPSA) is 94.1 Å². The van der Waals surface area contributed by atoms with Crippen molar-refractivity contribution in [3.8, 4) is 17.2 Å². The van der Waals surface area contributed by atoms with E-state index in [1.807, 2.05) is 6.07 Å². The molecule has 1 amide bonds. The van der Waals surface area contributed by atoms with Crippen LogP contribution in [0.25, 0.3) is 0 Å². The Labute approximate surface area is 150 Å². The second-order valence-electron chi connectivity index (χ2n) is 5.72. The van der Waals surface area contributed by atoms with Crippen LogP contribution < -0.4 is 19.5 Å². The first-order chi connectivity index (χ1) is 12.6. The van der Waals surface area contributed by atoms with Gasteiger partial charge in [0.25, 0.3) is 5.91 Å². The average Bonchev–Trinajstić information content (AvgIpc) is 2.89. The van der Waals surface area contributed by atoms with E-state index in [1.54, 1.807) is 36.4 Å². The quantitative estimate of drug-likeness (QED) is 0.823. The third-order valence-electron chi connectivity index (χ3n) is 3.72. The highest BCUT2D eigenvalue weighted by atomic mass is 16.5. The van der Waals surface area contributed by atoms with E-state index in [0.717, 1.165) is 12.0 Å². The summed E-state index contributed by atoms with van der Waals surface area (Å²) in [4.78, 5) is 22.9. The molecule has 1 aliphatic rings. The Bertz CT molecular complexity index is 804. The fourth-order valence-electron chi connectivity index (χ4n) is 2.48. The lowest BCUT2D eigenvalue weighted by molar-refractivity contribution is -0.139. The van der Waals surface area contributed by atoms with E-state index >= 15 is 0 Å². The van der Waals surface area contributed by atoms with Crippen LogP contribution in [0.4, 0.5) is 0 Å². The molecule has 2 aromatic carbocycles. The van der Waals surface area contributed by atoms with Crippen molar-refractivity contribution in [2.75, 3.05) is 19.8 Å². The summed E-state index contributed by atoms with van der Waals surface area (Å²) < 4.78 is 16.3. The number of carbonyl (C=O) groups is 2. The fraction of sp³-hybridized carbons (Fsp3) is 0.263. The number of ether oxygens (including phenoxy) is 3. The van der Waals surface area contributed by atoms with E-state index < -0.39 is 12.6 Å². The number of carbonyl (C=O) groups excluding carboxylic acids is 1. The van der Waals surface area contributed by atoms with Crippen LogP contribution in [-0.4, -0.2) is 36.8 Å². The molecule has 0 aromatic heterocycles. The van der Waals surface area contributed by atoms with Crippen molar-refractivity contribution in [1.82, 2.24) is 5.32 Å². The molecule has 26 heavy (non-hydrogen) atoms. The number of carboxylic acid groups (broad SMARTS) is 1. The first-order valence-corrected chi connectivity index (χ1v) is 8.23. The number of hydrogen-bond donors (Lipinski definition) is 2. The van der Waals surface area contributed by atoms with E-state index in [2.05, 4.69) is 5.32 Å². The Hall–Kier alpha value is -3.22. The summed E-state index contributed by atoms with van der Waals surface area (Å²) >= 11 is 0. The van der Waals surface area contributed by atoms with Crippen LogP contribution in [0.2, 0.25) is 0 Å². The SMILES string of the molecule is O=C(O)COc1cccc(CNC(=O)c2ccc3c(c2)OCCCO3)c1. The summed E-state index contributed by atoms with van der Waals surface area (Å²) in [5.74, 6) is 0.367. The second kappa shape index (κ2) is 8.24. The van der Waals surface area contributed by atoms with Crippen molar-refractivity contribution in [1.29, 1.82) is 0 Å². The van der Waals surface area contributed by atoms with Gasteiger partial charge in [0.1, 0.15) is 5.75 Å². The molecule has 7 nitrogen and oxygen atoms in total. The lowest BCUT2D eigenvalue weighted by Gasteiger charge is -2.10. The molecule has 2 N–H and O–H groups in total. The van der Waals surface area contributed by atoms with E-state index in [9.17, 15) is 9.59 Å². The zero-order chi connectivity index (χ0) is 18.4. The second-order valence-corrected chi connectivity index (χ2v) is 5.72. The van der Waals surface area contributed by atoms with Crippen molar-refractivity contribution in [2.24, 2.45) is 0 Å². The summed E-state index contributed by atoms with van der Waals surface area (Å²) in [6, 6.07) is 12.0. The molecule has 0 aliphatic carbocycles. The van der Waals surface area contributed by atoms with Crippen LogP contribution in [0.1, 0.15) is 22.3 Å². The van der Waals surface area contributed by atoms with Crippen LogP contribution in [-0.2, 0) is 11.3 Å². The fourth-order valence-corrected chi connectivity index (χ4v) is 2.48. The lowest BCUT2D eigenvalue weighted by Crippen LogP contribution is -2.22. The van der Waals surface area contributed by atoms with E-state index in [4.69, 9.17) is 19.3 Å². The van der Waals surface area contributed by atoms with Gasteiger partial charge in [0.05, 0.1) is 13.2 Å². The summed E-state index contributed by atoms with van der Waals surface area (Å²) in [7, 11) is 0. The summed E-state index contributed by atoms with van der Waals surface area (Å²) in [5.41, 5.74) is 1.28. The first kappa shape index (κ1) is 17.6. The third-order valence-corrected chi connectivity index (χ3v) is 3.72. The Morgan fingerprint density at radius 3 is 2.69 bits per heavy atom. The Morgan fingerprint density at radius 2 is 1.88 bits per heavy atom. The van der Waals surface area contributed by atoms with Gasteiger partial charge in [0.15, 0.2) is 18.1 Å². The van der Waals surface area contributed by atoms with Crippen molar-refractivity contribution >= 4 is 11.9 Å². The molecule has 0 bridgehead atoms. The number of aliphatic carboxylic acids is 1. The van der Waals surface area contributed by atoms with E-state index in [0.29, 0.717) is 36.0 Å². The van der Waals surface area contributed by atoms with Gasteiger partial charge in [0, 0.05) is 18.5 Å². The van der Waals surface area contributed by atoms with Crippen LogP contribution in [0.15, 0.2) is 42.5 Å². The van der Waals surface area contributed by atoms with E-state index in [1.165, 1.54) is 0 Å². The molecule has 7 heteroatoms. The van der Waals surface area contributed by atoms with Crippen LogP contribution in [0, 0.1) is 0 Å². The number of amides is 1. The predicted octanol–water partition coefficient (Wildman–Crippen LogP) is 2.24. The molecule has 1 aliphatic heterocycles. The van der Waals surface area contributed by atoms with Crippen LogP contribution in [0.3, 0.4) is 0 Å². The Morgan fingerprint density at radius 1 is 1.08 bits per heavy atom. The number of carboxylic acids is 1. The number of fused-ring (bicyclic) bond motifs is 1. The molecule has 2 aromatic rings. The minimum atomic E-state index is -1.04. The maximum Gasteiger partial charge on any atom is 0.341 e. The molecule has 1 heterocycles. The Balaban J connectivity index is 1.61. The minimum absolute atomic E-state index is 0.238. The highest BCUT2D eigenvalue weighted by Gasteiger charge is 2.14. The third kappa shape index (κ3) is 4.66. The number of hydrogen-bond acceptors (Lipinski definition) is 5. The standard InChI is InChI=1S/C19H19NO6/c21-18(22)12-26-15-4-1-3-13(9-15)11-20-19(23)14-5-6-16-17(10-14)25-8-2-7-24-16/h1,3-6,9-10H,2,7-8,11-12H2,(H,20,23)(H,21,22). The van der Waals surface area contributed by atoms with Gasteiger partial charge in [0.2, 0.25) is 0 Å². The predicted molar refractivity (Wildman–Crippen MR) is 92.8 cm³/mol. The van der Waals surface area contributed by atoms with Gasteiger partial charge in [-0.3, -0.25) is 4.79 Å². The molecule has 3 rings (SSSR count). The van der Waals surface area contributed by atoms with Gasteiger partial charge in [-0.15, -0.1) is 0 Å². The molecule has 0 fully saturated rings. The van der Waals surface area contributed by atoms with Crippen molar-refractivity contribution in [3.05, 3.63) is 53.6 Å². The highest BCUT2D eigenvalue weighted by molar-refractivity contribution is 5.94. The van der Waals surface area contributed by atoms with Gasteiger partial charge in [-0.05, 0) is 35.9 Å². The number of benzene rings is 2. The van der Waals surface area contributed by atoms with Gasteiger partial charge in [-0.25, -0.2) is 4.79 Å². The summed E-state index contributed by atoms with van der Waals surface area (Å²) in [6.45, 7) is 1.03. The molecule has 0 spiro atoms. The molecule has 0 saturated carbocycles. The van der Waals surface area contributed by atoms with Crippen LogP contribution >= 0.6 is 0 Å². The molecule has 0 radical (unpaired) electrons. The van der Waals surface area contributed by atoms with Crippen molar-refractivity contribution < 1.29 is 28.9 Å². The lowest BCUT2D eigenvalue weighted by atomic mass is 10.1. The molecule has 136 valence electrons. The van der Waals surface area contributed by atoms with Crippen LogP contribution in [0.5, 0.6) is 17.2 Å². The first-order valence-electron chi connectivity index (χ1n) is 8.23. The minimum Gasteiger partial charge on any atom is -0.490 e. The maximum atomic E-state index is 12.4. The summed E-state index contributed by atoms with van der Waals surface area (Å²) in [6.07, 6.45) is 0.802. The van der Waals surface area contributed by atoms with Crippen molar-refractivity contribution in [3.63, 3.8) is 0 Å². The van der Waals surface area contributed by atoms with Gasteiger partial charge in [-0.1, -0.05) is 12.1 Å². The van der Waals surface area contributed by atoms with Crippen molar-refractivity contribution in [2.45, 2.75) is 13.0 Å². The van der Waals surface area contributed by atoms with Gasteiger partial charge < -0.3 is 24.6 Å². The molecule has 0 saturated heterocycles. The Kier molecular flexibility index (Phi) is 5.58. The zero-order valence-corrected chi connectivity index (χ0v) is 14.1. The van der Waals surface area contributed by atoms with Gasteiger partial charge >= 0.3 is 5.97 Å². The molecule has 0 atom stereocenters. The smallest absolute Gasteiger partial charge is 0.341 e. The number of nitrogens with one attached hydrogen (secondary N) is 1. The maximum absolute atomic E-state index is 12.4. The number of rotatable bonds is 6. The normalized spacial score (nSPS) is 12.8. The molecular formula is C19H19NO6. The average molecular weight is 357 g/mol. The molecular weight excluding hydrogens is 338 g/mol. The monoisotopic (exact) mass is 357 g/mol. The van der Waals surface area contributed by atoms with Gasteiger partial charge in [-0.2, -0.15) is 0 Å². The van der Waals surface area contributed by atoms with E-state index in [-0.39, 0.29) is 12.5 Å². The summed E-state index contributed by atoms with van der Waals surface area (Å²) in [5, 5.41) is 11.5.